The van der Waals surface area contributed by atoms with Crippen LogP contribution in [0.25, 0.3) is 11.0 Å². The monoisotopic (exact) mass is 545 g/mol. The van der Waals surface area contributed by atoms with Gasteiger partial charge in [0.1, 0.15) is 17.8 Å². The maximum Gasteiger partial charge on any atom is 0.214 e. The number of aromatic nitrogens is 3. The highest BCUT2D eigenvalue weighted by atomic mass is 32.2. The summed E-state index contributed by atoms with van der Waals surface area (Å²) in [7, 11) is -4.82. The van der Waals surface area contributed by atoms with Crippen LogP contribution in [0.4, 0.5) is 5.82 Å². The molecule has 11 heteroatoms. The molecule has 1 unspecified atom stereocenters. The van der Waals surface area contributed by atoms with Crippen molar-refractivity contribution < 1.29 is 16.8 Å². The molecule has 1 aliphatic carbocycles. The van der Waals surface area contributed by atoms with Crippen molar-refractivity contribution in [2.45, 2.75) is 49.8 Å². The quantitative estimate of drug-likeness (QED) is 0.439. The Morgan fingerprint density at radius 3 is 2.51 bits per heavy atom. The fourth-order valence-corrected chi connectivity index (χ4v) is 9.48. The van der Waals surface area contributed by atoms with Gasteiger partial charge in [0.15, 0.2) is 9.84 Å². The highest BCUT2D eigenvalue weighted by Gasteiger charge is 2.39. The minimum absolute atomic E-state index is 0.0501. The van der Waals surface area contributed by atoms with Crippen LogP contribution >= 0.6 is 0 Å². The lowest BCUT2D eigenvalue weighted by molar-refractivity contribution is 0.336. The Kier molecular flexibility index (Phi) is 7.56. The number of nitrogens with zero attached hydrogens (tertiary/aromatic N) is 4. The van der Waals surface area contributed by atoms with Gasteiger partial charge in [-0.15, -0.1) is 0 Å². The average molecular weight is 546 g/mol. The molecule has 200 valence electrons. The van der Waals surface area contributed by atoms with Crippen LogP contribution in [0.5, 0.6) is 0 Å². The van der Waals surface area contributed by atoms with Crippen molar-refractivity contribution in [2.24, 2.45) is 5.92 Å². The van der Waals surface area contributed by atoms with Crippen LogP contribution in [0.3, 0.4) is 0 Å². The molecule has 1 aromatic carbocycles. The number of hydrogen-bond acceptors (Lipinski definition) is 7. The van der Waals surface area contributed by atoms with Gasteiger partial charge in [-0.05, 0) is 56.1 Å². The van der Waals surface area contributed by atoms with Crippen LogP contribution < -0.4 is 4.90 Å². The number of nitrogens with one attached hydrogen (secondary N) is 1. The molecule has 2 aromatic heterocycles. The smallest absolute Gasteiger partial charge is 0.214 e. The van der Waals surface area contributed by atoms with Crippen LogP contribution in [0.2, 0.25) is 0 Å². The van der Waals surface area contributed by atoms with Gasteiger partial charge in [-0.3, -0.25) is 0 Å². The van der Waals surface area contributed by atoms with E-state index < -0.39 is 25.1 Å². The summed E-state index contributed by atoms with van der Waals surface area (Å²) in [6, 6.07) is 11.8. The van der Waals surface area contributed by atoms with Crippen molar-refractivity contribution in [1.29, 1.82) is 0 Å². The van der Waals surface area contributed by atoms with Crippen molar-refractivity contribution in [2.75, 3.05) is 36.5 Å². The number of sulfone groups is 1. The first-order valence-corrected chi connectivity index (χ1v) is 16.3. The van der Waals surface area contributed by atoms with E-state index in [1.54, 1.807) is 6.33 Å². The topological polar surface area (TPSA) is 116 Å². The first-order chi connectivity index (χ1) is 17.7. The van der Waals surface area contributed by atoms with Gasteiger partial charge in [0, 0.05) is 32.4 Å². The normalized spacial score (nSPS) is 23.4. The fraction of sp³-hybridized carbons (Fsp3) is 0.538. The Morgan fingerprint density at radius 1 is 1.00 bits per heavy atom. The summed E-state index contributed by atoms with van der Waals surface area (Å²) in [5, 5.41) is 0.366. The number of rotatable bonds is 9. The molecule has 0 bridgehead atoms. The van der Waals surface area contributed by atoms with Crippen LogP contribution in [-0.4, -0.2) is 79.0 Å². The number of sulfonamides is 1. The van der Waals surface area contributed by atoms with Gasteiger partial charge < -0.3 is 9.88 Å². The van der Waals surface area contributed by atoms with Crippen molar-refractivity contribution in [3.05, 3.63) is 54.5 Å². The molecule has 1 saturated carbocycles. The summed E-state index contributed by atoms with van der Waals surface area (Å²) in [4.78, 5) is 14.1. The Hall–Kier alpha value is -2.50. The van der Waals surface area contributed by atoms with Crippen molar-refractivity contribution in [3.63, 3.8) is 0 Å². The third-order valence-corrected chi connectivity index (χ3v) is 12.2. The summed E-state index contributed by atoms with van der Waals surface area (Å²) in [5.74, 6) is 1.12. The number of anilines is 1. The average Bonchev–Trinajstić information content (AvgIpc) is 3.59. The molecule has 2 aliphatic rings. The molecule has 2 fully saturated rings. The number of aromatic amines is 1. The summed E-state index contributed by atoms with van der Waals surface area (Å²) < 4.78 is 53.7. The number of hydrogen-bond donors (Lipinski definition) is 1. The zero-order chi connectivity index (χ0) is 26.0. The van der Waals surface area contributed by atoms with E-state index in [2.05, 4.69) is 19.9 Å². The van der Waals surface area contributed by atoms with E-state index in [9.17, 15) is 16.8 Å². The summed E-state index contributed by atoms with van der Waals surface area (Å²) in [6.07, 6.45) is 7.68. The van der Waals surface area contributed by atoms with Crippen LogP contribution in [-0.2, 0) is 26.3 Å². The standard InChI is InChI=1S/C26H35N5O4S2/c1-30(26-24-11-14-27-25(24)28-19-29-26)22-9-7-21(8-10-22)18-37(34,35)31-15-12-23(17-31)36(32,33)16-13-20-5-3-2-4-6-20/h2-6,11,14,19,21-23H,7-10,12-13,15-18H2,1H3,(H,27,28,29)/t21-,22-,23?. The lowest BCUT2D eigenvalue weighted by Gasteiger charge is -2.35. The van der Waals surface area contributed by atoms with Crippen LogP contribution in [0, 0.1) is 5.92 Å². The lowest BCUT2D eigenvalue weighted by Crippen LogP contribution is -2.39. The summed E-state index contributed by atoms with van der Waals surface area (Å²) >= 11 is 0. The molecular weight excluding hydrogens is 510 g/mol. The minimum atomic E-state index is -3.50. The fourth-order valence-electron chi connectivity index (χ4n) is 5.73. The van der Waals surface area contributed by atoms with E-state index in [0.29, 0.717) is 12.8 Å². The number of H-pyrrole nitrogens is 1. The van der Waals surface area contributed by atoms with E-state index in [1.807, 2.05) is 49.6 Å². The molecule has 9 nitrogen and oxygen atoms in total. The molecule has 1 saturated heterocycles. The van der Waals surface area contributed by atoms with Crippen molar-refractivity contribution >= 4 is 36.7 Å². The highest BCUT2D eigenvalue weighted by Crippen LogP contribution is 2.33. The van der Waals surface area contributed by atoms with Gasteiger partial charge in [0.2, 0.25) is 10.0 Å². The third-order valence-electron chi connectivity index (χ3n) is 8.00. The predicted octanol–water partition coefficient (Wildman–Crippen LogP) is 3.01. The molecule has 5 rings (SSSR count). The Morgan fingerprint density at radius 2 is 1.76 bits per heavy atom. The van der Waals surface area contributed by atoms with Gasteiger partial charge >= 0.3 is 0 Å². The van der Waals surface area contributed by atoms with E-state index >= 15 is 0 Å². The van der Waals surface area contributed by atoms with Gasteiger partial charge in [-0.2, -0.15) is 0 Å². The predicted molar refractivity (Wildman–Crippen MR) is 146 cm³/mol. The molecule has 3 heterocycles. The number of aryl methyl sites for hydroxylation is 1. The second kappa shape index (κ2) is 10.7. The van der Waals surface area contributed by atoms with Crippen molar-refractivity contribution in [3.8, 4) is 0 Å². The first-order valence-electron chi connectivity index (χ1n) is 13.0. The summed E-state index contributed by atoms with van der Waals surface area (Å²) in [6.45, 7) is 0.369. The molecule has 37 heavy (non-hydrogen) atoms. The maximum atomic E-state index is 13.2. The third kappa shape index (κ3) is 5.83. The van der Waals surface area contributed by atoms with Gasteiger partial charge in [0.25, 0.3) is 0 Å². The minimum Gasteiger partial charge on any atom is -0.356 e. The summed E-state index contributed by atoms with van der Waals surface area (Å²) in [5.41, 5.74) is 1.79. The molecule has 0 amide bonds. The lowest BCUT2D eigenvalue weighted by atomic mass is 9.86. The zero-order valence-electron chi connectivity index (χ0n) is 21.2. The molecular formula is C26H35N5O4S2. The molecule has 3 aromatic rings. The van der Waals surface area contributed by atoms with Gasteiger partial charge in [-0.1, -0.05) is 30.3 Å². The molecule has 1 aliphatic heterocycles. The molecule has 1 N–H and O–H groups in total. The molecule has 0 spiro atoms. The Balaban J connectivity index is 1.13. The van der Waals surface area contributed by atoms with Gasteiger partial charge in [-0.25, -0.2) is 31.1 Å². The van der Waals surface area contributed by atoms with E-state index in [0.717, 1.165) is 48.1 Å². The number of benzene rings is 1. The Labute approximate surface area is 219 Å². The van der Waals surface area contributed by atoms with Crippen molar-refractivity contribution in [1.82, 2.24) is 19.3 Å². The van der Waals surface area contributed by atoms with E-state index in [-0.39, 0.29) is 36.6 Å². The molecule has 0 radical (unpaired) electrons. The largest absolute Gasteiger partial charge is 0.356 e. The van der Waals surface area contributed by atoms with E-state index in [4.69, 9.17) is 0 Å². The van der Waals surface area contributed by atoms with E-state index in [1.165, 1.54) is 4.31 Å². The van der Waals surface area contributed by atoms with Crippen LogP contribution in [0.1, 0.15) is 37.7 Å². The maximum absolute atomic E-state index is 13.2. The highest BCUT2D eigenvalue weighted by molar-refractivity contribution is 7.92. The second-order valence-electron chi connectivity index (χ2n) is 10.4. The van der Waals surface area contributed by atoms with Gasteiger partial charge in [0.05, 0.1) is 22.1 Å². The molecule has 1 atom stereocenters. The second-order valence-corrected chi connectivity index (χ2v) is 14.8. The van der Waals surface area contributed by atoms with Crippen LogP contribution in [0.15, 0.2) is 48.9 Å². The SMILES string of the molecule is CN(c1ncnc2[nH]ccc12)[C@H]1CC[C@H](CS(=O)(=O)N2CCC(S(=O)(=O)CCc3ccccc3)C2)CC1. The Bertz CT molecular complexity index is 1420. The zero-order valence-corrected chi connectivity index (χ0v) is 22.8. The number of fused-ring (bicyclic) bond motifs is 1. The first kappa shape index (κ1) is 26.1.